The van der Waals surface area contributed by atoms with Crippen LogP contribution in [0.25, 0.3) is 22.3 Å². The zero-order valence-corrected chi connectivity index (χ0v) is 28.8. The molecule has 3 aliphatic heterocycles. The molecule has 5 heterocycles. The number of amides is 3. The van der Waals surface area contributed by atoms with E-state index >= 15 is 0 Å². The van der Waals surface area contributed by atoms with E-state index in [2.05, 4.69) is 26.3 Å². The summed E-state index contributed by atoms with van der Waals surface area (Å²) in [6, 6.07) is 22.9. The minimum absolute atomic E-state index is 0.138. The molecule has 3 aromatic carbocycles. The first-order chi connectivity index (χ1) is 24.9. The Morgan fingerprint density at radius 3 is 2.59 bits per heavy atom. The van der Waals surface area contributed by atoms with Gasteiger partial charge in [0.25, 0.3) is 5.91 Å². The van der Waals surface area contributed by atoms with Crippen molar-refractivity contribution in [1.29, 1.82) is 0 Å². The summed E-state index contributed by atoms with van der Waals surface area (Å²) in [6.45, 7) is 3.19. The Kier molecular flexibility index (Phi) is 9.13. The number of anilines is 1. The molecule has 2 saturated heterocycles. The number of nitrogens with two attached hydrogens (primary N) is 1. The van der Waals surface area contributed by atoms with E-state index in [0.29, 0.717) is 24.3 Å². The number of nitrogens with one attached hydrogen (secondary N) is 1. The number of thioether (sulfide) groups is 1. The number of nitrogens with zero attached hydrogens (tertiary/aromatic N) is 6. The molecule has 3 N–H and O–H groups in total. The molecular formula is C38H38N8O4S. The molecule has 0 bridgehead atoms. The molecule has 12 nitrogen and oxygen atoms in total. The SMILES string of the molecule is Nc1ncnc2c1c(-c1ccc(Oc3ccccc3)cc1)nn2[C@@H]1CCCN(CCCSc2cccc3c2CN(C2CCC(=O)NC2=O)C3=O)C1. The first-order valence-corrected chi connectivity index (χ1v) is 18.4. The van der Waals surface area contributed by atoms with Crippen LogP contribution < -0.4 is 15.8 Å². The smallest absolute Gasteiger partial charge is 0.255 e. The van der Waals surface area contributed by atoms with Gasteiger partial charge in [0, 0.05) is 35.5 Å². The predicted molar refractivity (Wildman–Crippen MR) is 194 cm³/mol. The number of benzene rings is 3. The van der Waals surface area contributed by atoms with E-state index in [1.807, 2.05) is 71.4 Å². The highest BCUT2D eigenvalue weighted by atomic mass is 32.2. The summed E-state index contributed by atoms with van der Waals surface area (Å²) in [6.07, 6.45) is 5.12. The van der Waals surface area contributed by atoms with E-state index in [9.17, 15) is 14.4 Å². The van der Waals surface area contributed by atoms with Gasteiger partial charge < -0.3 is 20.3 Å². The molecule has 0 aliphatic carbocycles. The summed E-state index contributed by atoms with van der Waals surface area (Å²) in [7, 11) is 0. The molecule has 3 amide bonds. The van der Waals surface area contributed by atoms with Crippen molar-refractivity contribution in [2.75, 3.05) is 31.1 Å². The number of nitrogen functional groups attached to an aromatic ring is 1. The third-order valence-electron chi connectivity index (χ3n) is 9.87. The molecule has 2 aromatic heterocycles. The van der Waals surface area contributed by atoms with Gasteiger partial charge in [-0.05, 0) is 98.6 Å². The molecule has 13 heteroatoms. The van der Waals surface area contributed by atoms with Crippen LogP contribution in [-0.4, -0.2) is 78.7 Å². The number of carbonyl (C=O) groups excluding carboxylic acids is 3. The van der Waals surface area contributed by atoms with Crippen LogP contribution in [0.1, 0.15) is 54.1 Å². The fourth-order valence-corrected chi connectivity index (χ4v) is 8.37. The van der Waals surface area contributed by atoms with Crippen molar-refractivity contribution < 1.29 is 19.1 Å². The maximum Gasteiger partial charge on any atom is 0.255 e. The van der Waals surface area contributed by atoms with Gasteiger partial charge in [-0.25, -0.2) is 14.6 Å². The van der Waals surface area contributed by atoms with Crippen molar-refractivity contribution in [1.82, 2.24) is 34.9 Å². The van der Waals surface area contributed by atoms with Crippen LogP contribution >= 0.6 is 11.8 Å². The van der Waals surface area contributed by atoms with Gasteiger partial charge in [0.2, 0.25) is 11.8 Å². The van der Waals surface area contributed by atoms with Crippen LogP contribution in [0.4, 0.5) is 5.82 Å². The molecule has 0 radical (unpaired) electrons. The van der Waals surface area contributed by atoms with Crippen LogP contribution in [0.3, 0.4) is 0 Å². The van der Waals surface area contributed by atoms with E-state index in [4.69, 9.17) is 15.6 Å². The quantitative estimate of drug-likeness (QED) is 0.109. The number of hydrogen-bond donors (Lipinski definition) is 2. The molecule has 8 rings (SSSR count). The maximum absolute atomic E-state index is 13.2. The molecule has 5 aromatic rings. The lowest BCUT2D eigenvalue weighted by Gasteiger charge is -2.33. The number of para-hydroxylation sites is 1. The molecule has 3 aliphatic rings. The average molecular weight is 703 g/mol. The van der Waals surface area contributed by atoms with Gasteiger partial charge in [-0.1, -0.05) is 24.3 Å². The number of aromatic nitrogens is 4. The second kappa shape index (κ2) is 14.2. The van der Waals surface area contributed by atoms with Crippen LogP contribution in [0, 0.1) is 0 Å². The van der Waals surface area contributed by atoms with Crippen molar-refractivity contribution in [3.8, 4) is 22.8 Å². The molecule has 51 heavy (non-hydrogen) atoms. The van der Waals surface area contributed by atoms with Gasteiger partial charge in [-0.3, -0.25) is 19.7 Å². The summed E-state index contributed by atoms with van der Waals surface area (Å²) in [4.78, 5) is 51.5. The monoisotopic (exact) mass is 702 g/mol. The number of fused-ring (bicyclic) bond motifs is 2. The third-order valence-corrected chi connectivity index (χ3v) is 11.1. The zero-order valence-electron chi connectivity index (χ0n) is 28.0. The second-order valence-electron chi connectivity index (χ2n) is 13.2. The lowest BCUT2D eigenvalue weighted by Crippen LogP contribution is -2.52. The molecule has 0 spiro atoms. The van der Waals surface area contributed by atoms with Crippen molar-refractivity contribution in [3.05, 3.63) is 90.3 Å². The number of likely N-dealkylation sites (tertiary alicyclic amines) is 1. The fraction of sp³-hybridized carbons (Fsp3) is 0.316. The largest absolute Gasteiger partial charge is 0.457 e. The maximum atomic E-state index is 13.2. The highest BCUT2D eigenvalue weighted by Crippen LogP contribution is 2.37. The highest BCUT2D eigenvalue weighted by Gasteiger charge is 2.40. The Morgan fingerprint density at radius 2 is 1.76 bits per heavy atom. The van der Waals surface area contributed by atoms with Gasteiger partial charge in [-0.2, -0.15) is 5.10 Å². The van der Waals surface area contributed by atoms with Crippen molar-refractivity contribution >= 4 is 46.3 Å². The predicted octanol–water partition coefficient (Wildman–Crippen LogP) is 5.45. The fourth-order valence-electron chi connectivity index (χ4n) is 7.35. The second-order valence-corrected chi connectivity index (χ2v) is 14.3. The summed E-state index contributed by atoms with van der Waals surface area (Å²) >= 11 is 1.75. The first-order valence-electron chi connectivity index (χ1n) is 17.4. The molecule has 1 unspecified atom stereocenters. The number of carbonyl (C=O) groups is 3. The van der Waals surface area contributed by atoms with Gasteiger partial charge in [-0.15, -0.1) is 11.8 Å². The first kappa shape index (κ1) is 32.9. The summed E-state index contributed by atoms with van der Waals surface area (Å²) < 4.78 is 8.03. The molecule has 2 atom stereocenters. The van der Waals surface area contributed by atoms with Gasteiger partial charge in [0.1, 0.15) is 35.4 Å². The van der Waals surface area contributed by atoms with Crippen LogP contribution in [0.5, 0.6) is 11.5 Å². The number of hydrogen-bond acceptors (Lipinski definition) is 10. The molecule has 0 saturated carbocycles. The van der Waals surface area contributed by atoms with E-state index in [1.165, 1.54) is 6.33 Å². The minimum atomic E-state index is -0.613. The van der Waals surface area contributed by atoms with E-state index in [-0.39, 0.29) is 30.2 Å². The number of rotatable bonds is 10. The van der Waals surface area contributed by atoms with Crippen molar-refractivity contribution in [2.24, 2.45) is 0 Å². The number of ether oxygens (including phenoxy) is 1. The summed E-state index contributed by atoms with van der Waals surface area (Å²) in [5.74, 6) is 2.00. The van der Waals surface area contributed by atoms with Crippen LogP contribution in [0.15, 0.2) is 84.0 Å². The van der Waals surface area contributed by atoms with Crippen LogP contribution in [-0.2, 0) is 16.1 Å². The summed E-state index contributed by atoms with van der Waals surface area (Å²) in [5, 5.41) is 8.24. The lowest BCUT2D eigenvalue weighted by atomic mass is 10.0. The Labute approximate surface area is 299 Å². The molecular weight excluding hydrogens is 665 g/mol. The highest BCUT2D eigenvalue weighted by molar-refractivity contribution is 7.99. The van der Waals surface area contributed by atoms with Gasteiger partial charge >= 0.3 is 0 Å². The third kappa shape index (κ3) is 6.66. The average Bonchev–Trinajstić information content (AvgIpc) is 3.70. The standard InChI is InChI=1S/C38H38N8O4S/c39-35-33-34(24-12-14-27(15-13-24)50-26-8-2-1-3-9-26)43-46(36(33)41-23-40-35)25-7-5-18-44(21-25)19-6-20-51-31-11-4-10-28-29(31)22-45(38(28)49)30-16-17-32(47)42-37(30)48/h1-4,8-15,23,25,30H,5-7,16-22H2,(H2,39,40,41)(H,42,47,48)/t25-,30?/m1/s1. The zero-order chi connectivity index (χ0) is 34.9. The van der Waals surface area contributed by atoms with Gasteiger partial charge in [0.05, 0.1) is 11.4 Å². The van der Waals surface area contributed by atoms with E-state index in [0.717, 1.165) is 88.9 Å². The van der Waals surface area contributed by atoms with E-state index in [1.54, 1.807) is 16.7 Å². The lowest BCUT2D eigenvalue weighted by molar-refractivity contribution is -0.136. The summed E-state index contributed by atoms with van der Waals surface area (Å²) in [5.41, 5.74) is 10.5. The normalized spacial score (nSPS) is 19.4. The topological polar surface area (TPSA) is 149 Å². The Balaban J connectivity index is 0.914. The van der Waals surface area contributed by atoms with Crippen molar-refractivity contribution in [2.45, 2.75) is 55.6 Å². The Bertz CT molecular complexity index is 2100. The number of piperidine rings is 2. The Hall–Kier alpha value is -5.27. The van der Waals surface area contributed by atoms with Crippen LogP contribution in [0.2, 0.25) is 0 Å². The molecule has 2 fully saturated rings. The van der Waals surface area contributed by atoms with Gasteiger partial charge in [0.15, 0.2) is 5.65 Å². The van der Waals surface area contributed by atoms with E-state index < -0.39 is 6.04 Å². The Morgan fingerprint density at radius 1 is 0.941 bits per heavy atom. The van der Waals surface area contributed by atoms with Crippen molar-refractivity contribution in [3.63, 3.8) is 0 Å². The molecule has 260 valence electrons. The minimum Gasteiger partial charge on any atom is -0.457 e. The number of imide groups is 1.